The monoisotopic (exact) mass is 490 g/mol. The third-order valence-electron chi connectivity index (χ3n) is 7.12. The fourth-order valence-corrected chi connectivity index (χ4v) is 5.14. The highest BCUT2D eigenvalue weighted by Gasteiger charge is 2.54. The van der Waals surface area contributed by atoms with Gasteiger partial charge in [0.25, 0.3) is 0 Å². The van der Waals surface area contributed by atoms with E-state index in [1.807, 2.05) is 0 Å². The van der Waals surface area contributed by atoms with E-state index in [1.54, 1.807) is 14.0 Å². The van der Waals surface area contributed by atoms with Gasteiger partial charge in [-0.25, -0.2) is 0 Å². The number of rotatable bonds is 6. The minimum Gasteiger partial charge on any atom is -0.340 e. The molecular formula is C25H29F3N4O3. The molecule has 1 N–H and O–H groups in total. The van der Waals surface area contributed by atoms with Gasteiger partial charge >= 0.3 is 6.18 Å². The fourth-order valence-electron chi connectivity index (χ4n) is 5.14. The van der Waals surface area contributed by atoms with Gasteiger partial charge in [0.05, 0.1) is 23.2 Å². The van der Waals surface area contributed by atoms with E-state index in [0.29, 0.717) is 0 Å². The summed E-state index contributed by atoms with van der Waals surface area (Å²) in [7, 11) is 1.58. The quantitative estimate of drug-likeness (QED) is 0.494. The number of aromatic nitrogens is 2. The number of carbonyl (C=O) groups excluding carboxylic acids is 3. The van der Waals surface area contributed by atoms with Crippen molar-refractivity contribution in [1.82, 2.24) is 20.0 Å². The molecule has 188 valence electrons. The minimum absolute atomic E-state index is 0.0250. The van der Waals surface area contributed by atoms with Crippen LogP contribution in [0.3, 0.4) is 0 Å². The van der Waals surface area contributed by atoms with Crippen LogP contribution < -0.4 is 0 Å². The van der Waals surface area contributed by atoms with E-state index in [-0.39, 0.29) is 25.1 Å². The Morgan fingerprint density at radius 2 is 1.94 bits per heavy atom. The molecule has 7 nitrogen and oxygen atoms in total. The first-order valence-corrected chi connectivity index (χ1v) is 11.9. The molecule has 4 rings (SSSR count). The van der Waals surface area contributed by atoms with Crippen LogP contribution in [0, 0.1) is 0 Å². The Labute approximate surface area is 201 Å². The summed E-state index contributed by atoms with van der Waals surface area (Å²) in [5, 5.41) is 7.45. The second kappa shape index (κ2) is 9.47. The molecule has 0 saturated carbocycles. The van der Waals surface area contributed by atoms with E-state index in [1.165, 1.54) is 17.0 Å². The Bertz CT molecular complexity index is 1140. The van der Waals surface area contributed by atoms with Crippen molar-refractivity contribution in [3.05, 3.63) is 52.3 Å². The van der Waals surface area contributed by atoms with Crippen molar-refractivity contribution in [3.8, 4) is 0 Å². The molecule has 1 saturated heterocycles. The average Bonchev–Trinajstić information content (AvgIpc) is 3.18. The van der Waals surface area contributed by atoms with Crippen LogP contribution in [-0.2, 0) is 45.4 Å². The molecule has 1 aromatic heterocycles. The van der Waals surface area contributed by atoms with Crippen molar-refractivity contribution >= 4 is 17.7 Å². The number of alkyl halides is 3. The van der Waals surface area contributed by atoms with Gasteiger partial charge in [-0.3, -0.25) is 24.4 Å². The molecule has 1 atom stereocenters. The lowest BCUT2D eigenvalue weighted by Gasteiger charge is -2.29. The van der Waals surface area contributed by atoms with Crippen LogP contribution >= 0.6 is 0 Å². The topological polar surface area (TPSA) is 86.4 Å². The number of nitrogens with one attached hydrogen (secondary N) is 1. The summed E-state index contributed by atoms with van der Waals surface area (Å²) in [4.78, 5) is 41.8. The summed E-state index contributed by atoms with van der Waals surface area (Å²) < 4.78 is 40.3. The van der Waals surface area contributed by atoms with Gasteiger partial charge in [0.1, 0.15) is 0 Å². The number of carbonyl (C=O) groups is 3. The highest BCUT2D eigenvalue weighted by molar-refractivity contribution is 6.10. The second-order valence-electron chi connectivity index (χ2n) is 9.40. The van der Waals surface area contributed by atoms with Crippen molar-refractivity contribution in [2.75, 3.05) is 13.6 Å². The van der Waals surface area contributed by atoms with E-state index in [4.69, 9.17) is 0 Å². The summed E-state index contributed by atoms with van der Waals surface area (Å²) >= 11 is 0. The zero-order valence-electron chi connectivity index (χ0n) is 19.9. The number of nitrogens with zero attached hydrogens (tertiary/aromatic N) is 3. The van der Waals surface area contributed by atoms with Crippen LogP contribution in [0.25, 0.3) is 0 Å². The number of amides is 3. The molecule has 2 heterocycles. The lowest BCUT2D eigenvalue weighted by Crippen LogP contribution is -2.42. The van der Waals surface area contributed by atoms with Gasteiger partial charge in [-0.15, -0.1) is 0 Å². The summed E-state index contributed by atoms with van der Waals surface area (Å²) in [5.41, 5.74) is 0.367. The van der Waals surface area contributed by atoms with Gasteiger partial charge < -0.3 is 4.90 Å². The highest BCUT2D eigenvalue weighted by atomic mass is 19.4. The molecule has 0 bridgehead atoms. The molecule has 35 heavy (non-hydrogen) atoms. The predicted octanol–water partition coefficient (Wildman–Crippen LogP) is 3.76. The fraction of sp³-hybridized carbons (Fsp3) is 0.520. The van der Waals surface area contributed by atoms with Crippen molar-refractivity contribution in [3.63, 3.8) is 0 Å². The summed E-state index contributed by atoms with van der Waals surface area (Å²) in [6.07, 6.45) is -0.354. The normalized spacial score (nSPS) is 20.7. The maximum Gasteiger partial charge on any atom is 0.416 e. The first-order valence-electron chi connectivity index (χ1n) is 11.9. The maximum atomic E-state index is 13.4. The van der Waals surface area contributed by atoms with Crippen molar-refractivity contribution in [2.24, 2.45) is 0 Å². The van der Waals surface area contributed by atoms with E-state index in [2.05, 4.69) is 10.2 Å². The molecule has 1 aliphatic heterocycles. The van der Waals surface area contributed by atoms with Crippen molar-refractivity contribution < 1.29 is 27.6 Å². The van der Waals surface area contributed by atoms with Gasteiger partial charge in [0, 0.05) is 32.1 Å². The zero-order valence-corrected chi connectivity index (χ0v) is 19.9. The number of H-pyrrole nitrogens is 1. The Balaban J connectivity index is 1.63. The molecule has 1 aliphatic carbocycles. The number of halogens is 3. The summed E-state index contributed by atoms with van der Waals surface area (Å²) in [6, 6.07) is 4.39. The van der Waals surface area contributed by atoms with Gasteiger partial charge in [-0.05, 0) is 49.8 Å². The zero-order chi connectivity index (χ0) is 25.4. The Morgan fingerprint density at radius 3 is 2.63 bits per heavy atom. The Hall–Kier alpha value is -3.17. The van der Waals surface area contributed by atoms with Gasteiger partial charge in [-0.1, -0.05) is 24.6 Å². The van der Waals surface area contributed by atoms with Crippen LogP contribution in [0.5, 0.6) is 0 Å². The Morgan fingerprint density at radius 1 is 1.20 bits per heavy atom. The van der Waals surface area contributed by atoms with Crippen LogP contribution in [-0.4, -0.2) is 51.3 Å². The number of aromatic amines is 1. The Kier molecular flexibility index (Phi) is 6.75. The number of hydrogen-bond acceptors (Lipinski definition) is 4. The van der Waals surface area contributed by atoms with Crippen LogP contribution in [0.15, 0.2) is 24.3 Å². The number of aryl methyl sites for hydroxylation is 1. The van der Waals surface area contributed by atoms with Crippen LogP contribution in [0.2, 0.25) is 0 Å². The average molecular weight is 491 g/mol. The molecule has 2 aliphatic rings. The maximum absolute atomic E-state index is 13.4. The predicted molar refractivity (Wildman–Crippen MR) is 121 cm³/mol. The number of imide groups is 1. The van der Waals surface area contributed by atoms with Crippen molar-refractivity contribution in [1.29, 1.82) is 0 Å². The summed E-state index contributed by atoms with van der Waals surface area (Å²) in [6.45, 7) is 1.92. The molecule has 0 radical (unpaired) electrons. The third kappa shape index (κ3) is 4.70. The number of fused-ring (bicyclic) bond motifs is 1. The van der Waals surface area contributed by atoms with Crippen molar-refractivity contribution in [2.45, 2.75) is 70.0 Å². The van der Waals surface area contributed by atoms with E-state index in [9.17, 15) is 27.6 Å². The smallest absolute Gasteiger partial charge is 0.340 e. The largest absolute Gasteiger partial charge is 0.416 e. The number of likely N-dealkylation sites (tertiary alicyclic amines) is 1. The lowest BCUT2D eigenvalue weighted by molar-refractivity contribution is -0.142. The molecule has 0 spiro atoms. The number of benzene rings is 1. The minimum atomic E-state index is -4.62. The SMILES string of the molecule is CCN1C(=O)CC(CC(=O)N(C)Cc2n[nH]c3c2CCCCC3)(c2cccc(C(F)(F)F)c2)C1=O. The molecular weight excluding hydrogens is 461 g/mol. The molecule has 3 amide bonds. The standard InChI is InChI=1S/C25H29F3N4O3/c1-3-32-22(34)14-24(23(32)35,16-8-7-9-17(12-16)25(26,27)28)13-21(33)31(2)15-20-18-10-5-4-6-11-19(18)29-30-20/h7-9,12H,3-6,10-11,13-15H2,1-2H3,(H,29,30). The molecule has 10 heteroatoms. The molecule has 1 aromatic carbocycles. The van der Waals surface area contributed by atoms with E-state index >= 15 is 0 Å². The van der Waals surface area contributed by atoms with E-state index < -0.39 is 41.3 Å². The van der Waals surface area contributed by atoms with Crippen LogP contribution in [0.1, 0.15) is 67.1 Å². The first kappa shape index (κ1) is 24.9. The summed E-state index contributed by atoms with van der Waals surface area (Å²) in [5.74, 6) is -1.57. The second-order valence-corrected chi connectivity index (χ2v) is 9.40. The van der Waals surface area contributed by atoms with Gasteiger partial charge in [0.15, 0.2) is 0 Å². The number of likely N-dealkylation sites (N-methyl/N-ethyl adjacent to an activating group) is 1. The van der Waals surface area contributed by atoms with E-state index in [0.717, 1.165) is 66.1 Å². The third-order valence-corrected chi connectivity index (χ3v) is 7.12. The lowest BCUT2D eigenvalue weighted by atomic mass is 9.75. The molecule has 1 unspecified atom stereocenters. The van der Waals surface area contributed by atoms with Crippen LogP contribution in [0.4, 0.5) is 13.2 Å². The first-order chi connectivity index (χ1) is 16.6. The molecule has 2 aromatic rings. The highest BCUT2D eigenvalue weighted by Crippen LogP contribution is 2.42. The van der Waals surface area contributed by atoms with Gasteiger partial charge in [0.2, 0.25) is 17.7 Å². The molecule has 1 fully saturated rings. The van der Waals surface area contributed by atoms with Gasteiger partial charge in [-0.2, -0.15) is 18.3 Å². The number of hydrogen-bond donors (Lipinski definition) is 1.